The molecular formula is C49H76Cl3I3N15V. The van der Waals surface area contributed by atoms with Gasteiger partial charge in [-0.3, -0.25) is 0 Å². The van der Waals surface area contributed by atoms with Crippen LogP contribution in [0.4, 0.5) is 0 Å². The molecule has 9 heterocycles. The molecule has 0 saturated heterocycles. The third kappa shape index (κ3) is 17.2. The molecule has 0 fully saturated rings. The fourth-order valence-corrected chi connectivity index (χ4v) is 7.21. The second-order valence-corrected chi connectivity index (χ2v) is 59.4. The van der Waals surface area contributed by atoms with Gasteiger partial charge >= 0.3 is 68.5 Å². The normalized spacial score (nSPS) is 9.99. The van der Waals surface area contributed by atoms with Crippen LogP contribution in [0.1, 0.15) is 136 Å². The van der Waals surface area contributed by atoms with Crippen molar-refractivity contribution >= 4 is 166 Å². The first kappa shape index (κ1) is 70.5. The molecule has 0 unspecified atom stereocenters. The Morgan fingerprint density at radius 1 is 0.408 bits per heavy atom. The van der Waals surface area contributed by atoms with Gasteiger partial charge in [-0.25, -0.2) is 29.9 Å². The summed E-state index contributed by atoms with van der Waals surface area (Å²) in [5, 5.41) is 33.9. The van der Waals surface area contributed by atoms with Crippen LogP contribution in [0.25, 0.3) is 65.8 Å². The van der Waals surface area contributed by atoms with Crippen LogP contribution in [0.2, 0.25) is 15.5 Å². The van der Waals surface area contributed by atoms with Crippen LogP contribution in [-0.4, -0.2) is 79.4 Å². The average molecular weight is 1410 g/mol. The molecule has 9 aromatic rings. The second kappa shape index (κ2) is 33.3. The predicted octanol–water partition coefficient (Wildman–Crippen LogP) is 16.6. The number of hydrogen-bond acceptors (Lipinski definition) is 12. The summed E-state index contributed by atoms with van der Waals surface area (Å²) in [7, 11) is 5.84. The Balaban J connectivity index is 0. The average Bonchev–Trinajstić information content (AvgIpc) is 3.92. The van der Waals surface area contributed by atoms with Crippen LogP contribution < -0.4 is 0 Å². The van der Waals surface area contributed by atoms with E-state index in [2.05, 4.69) is 126 Å². The number of imidazole rings is 3. The molecule has 0 saturated carbocycles. The molecule has 394 valence electrons. The van der Waals surface area contributed by atoms with Crippen molar-refractivity contribution in [3.63, 3.8) is 0 Å². The Hall–Kier alpha value is -2.61. The summed E-state index contributed by atoms with van der Waals surface area (Å²) in [5.41, 5.74) is 9.29. The zero-order chi connectivity index (χ0) is 54.7. The Kier molecular flexibility index (Phi) is 33.1. The maximum absolute atomic E-state index is 6.13. The van der Waals surface area contributed by atoms with E-state index in [1.54, 1.807) is 6.20 Å². The van der Waals surface area contributed by atoms with Gasteiger partial charge in [-0.15, -0.1) is 15.3 Å². The fraction of sp³-hybridized carbons (Fsp3) is 0.490. The van der Waals surface area contributed by atoms with E-state index in [4.69, 9.17) is 34.8 Å². The molecule has 0 aliphatic heterocycles. The molecule has 71 heavy (non-hydrogen) atoms. The number of fused-ring (bicyclic) bond motifs is 9. The fourth-order valence-electron chi connectivity index (χ4n) is 6.45. The summed E-state index contributed by atoms with van der Waals surface area (Å²) >= 11 is 25.6. The van der Waals surface area contributed by atoms with Crippen LogP contribution in [0.3, 0.4) is 0 Å². The molecule has 0 aromatic carbocycles. The molecule has 9 aromatic heterocycles. The van der Waals surface area contributed by atoms with Gasteiger partial charge in [0.05, 0.1) is 34.4 Å². The van der Waals surface area contributed by atoms with Crippen LogP contribution in [0.15, 0.2) is 6.20 Å². The molecule has 9 rings (SSSR count). The molecule has 0 spiro atoms. The van der Waals surface area contributed by atoms with Crippen LogP contribution in [-0.2, 0) is 24.5 Å². The maximum atomic E-state index is 6.13. The summed E-state index contributed by atoms with van der Waals surface area (Å²) < 4.78 is 4.66. The first-order valence-corrected chi connectivity index (χ1v) is 38.9. The number of aromatic nitrogens is 15. The van der Waals surface area contributed by atoms with Gasteiger partial charge in [0.2, 0.25) is 0 Å². The molecule has 0 aliphatic rings. The monoisotopic (exact) mass is 1410 g/mol. The van der Waals surface area contributed by atoms with E-state index in [1.807, 2.05) is 173 Å². The van der Waals surface area contributed by atoms with E-state index in [0.29, 0.717) is 31.7 Å². The Bertz CT molecular complexity index is 3020. The third-order valence-corrected chi connectivity index (χ3v) is 10.3. The molecule has 22 heteroatoms. The number of aryl methyl sites for hydroxylation is 11. The number of pyridine rings is 3. The van der Waals surface area contributed by atoms with Crippen molar-refractivity contribution < 1.29 is 3.34 Å². The Morgan fingerprint density at radius 2 is 0.690 bits per heavy atom. The Morgan fingerprint density at radius 3 is 1.07 bits per heavy atom. The van der Waals surface area contributed by atoms with Gasteiger partial charge < -0.3 is 13.7 Å². The van der Waals surface area contributed by atoms with E-state index in [1.165, 1.54) is 0 Å². The number of hydrogen-bond donors (Lipinski definition) is 0. The number of halogens is 6. The zero-order valence-electron chi connectivity index (χ0n) is 45.2. The third-order valence-electron chi connectivity index (χ3n) is 9.53. The van der Waals surface area contributed by atoms with Gasteiger partial charge in [0.1, 0.15) is 34.0 Å². The summed E-state index contributed by atoms with van der Waals surface area (Å²) in [5.74, 6) is 2.72. The summed E-state index contributed by atoms with van der Waals surface area (Å²) in [6.07, 6.45) is 1.76. The quantitative estimate of drug-likeness (QED) is 0.132. The van der Waals surface area contributed by atoms with Crippen molar-refractivity contribution in [2.24, 2.45) is 21.1 Å². The standard InChI is InChI=1S/C12H12ClN5.C12H13N5.C11H9Cl2N5.6C2H6.CH4.CH2.3HI.V/c1-5-9-8(6(2)16-17-11(9)13)10-12(14-5)18(4)7(3)15-10;1-6-9-5-13-16-7(2)10(9)11-12(14-6)17(4)8(3)15-11;1-4-6-7(10(13)17-16-9(6)12)8-11(14-4)18(3)5(2)15-8;6*1-2;;;;;;/h1-4H3;5H,1-4H3;1-3H3;6*1-2H3;1H4;1H2;3*1H;/q;;;;;;;;;;;;;;+3/p-3. The molecule has 0 aliphatic carbocycles. The van der Waals surface area contributed by atoms with E-state index >= 15 is 0 Å². The van der Waals surface area contributed by atoms with E-state index in [0.717, 1.165) is 95.5 Å². The minimum absolute atomic E-state index is 0. The van der Waals surface area contributed by atoms with E-state index in [9.17, 15) is 0 Å². The van der Waals surface area contributed by atoms with Gasteiger partial charge in [-0.05, 0) is 55.4 Å². The summed E-state index contributed by atoms with van der Waals surface area (Å²) in [6, 6.07) is 0. The minimum atomic E-state index is -1.22. The van der Waals surface area contributed by atoms with Crippen molar-refractivity contribution in [2.75, 3.05) is 0 Å². The van der Waals surface area contributed by atoms with Gasteiger partial charge in [0.15, 0.2) is 32.4 Å². The van der Waals surface area contributed by atoms with Gasteiger partial charge in [-0.1, -0.05) is 125 Å². The first-order valence-electron chi connectivity index (χ1n) is 23.3. The predicted molar refractivity (Wildman–Crippen MR) is 332 cm³/mol. The number of rotatable bonds is 0. The van der Waals surface area contributed by atoms with Gasteiger partial charge in [0.25, 0.3) is 0 Å². The van der Waals surface area contributed by atoms with Crippen LogP contribution >= 0.6 is 94.7 Å². The van der Waals surface area contributed by atoms with Crippen molar-refractivity contribution in [2.45, 2.75) is 146 Å². The van der Waals surface area contributed by atoms with Crippen molar-refractivity contribution in [3.05, 3.63) is 67.6 Å². The first-order chi connectivity index (χ1) is 33.1. The van der Waals surface area contributed by atoms with Gasteiger partial charge in [-0.2, -0.15) is 15.3 Å². The SMILES string of the molecule is C.CC.CC.CC.CC.CC.CC.Cc1nc2c(nc(C)n2C)c2c(C)nnc(Cl)c12.Cc1nc2c(nc(C)n2C)c2c(C)nncc12.Cc1nc2c(nc(C)n2C)c2c(Cl)nnc(Cl)c12.[CH2]=[V]([I])([I])[I]. The second-order valence-electron chi connectivity index (χ2n) is 13.4. The van der Waals surface area contributed by atoms with Crippen molar-refractivity contribution in [3.8, 4) is 0 Å². The molecule has 0 atom stereocenters. The summed E-state index contributed by atoms with van der Waals surface area (Å²) in [4.78, 5) is 27.3. The molecule has 0 amide bonds. The van der Waals surface area contributed by atoms with Crippen LogP contribution in [0, 0.1) is 55.4 Å². The van der Waals surface area contributed by atoms with Crippen molar-refractivity contribution in [1.82, 2.24) is 74.2 Å². The zero-order valence-corrected chi connectivity index (χ0v) is 55.3. The molecule has 15 nitrogen and oxygen atoms in total. The Labute approximate surface area is 473 Å². The summed E-state index contributed by atoms with van der Waals surface area (Å²) in [6.45, 7) is 39.5. The molecule has 0 bridgehead atoms. The van der Waals surface area contributed by atoms with Crippen molar-refractivity contribution in [1.29, 1.82) is 0 Å². The molecular weight excluding hydrogens is 1340 g/mol. The topological polar surface area (TPSA) is 169 Å². The molecule has 0 radical (unpaired) electrons. The number of nitrogens with zero attached hydrogens (tertiary/aromatic N) is 15. The van der Waals surface area contributed by atoms with E-state index in [-0.39, 0.29) is 7.43 Å². The molecule has 0 N–H and O–H groups in total. The van der Waals surface area contributed by atoms with Gasteiger partial charge in [0, 0.05) is 53.8 Å². The van der Waals surface area contributed by atoms with Crippen LogP contribution in [0.5, 0.6) is 0 Å². The van der Waals surface area contributed by atoms with E-state index < -0.39 is 3.34 Å².